The number of para-hydroxylation sites is 1. The number of carbonyl (C=O) groups is 2. The summed E-state index contributed by atoms with van der Waals surface area (Å²) in [5.74, 6) is -0.366. The van der Waals surface area contributed by atoms with Gasteiger partial charge in [0.25, 0.3) is 0 Å². The number of hydrogen-bond donors (Lipinski definition) is 1. The predicted molar refractivity (Wildman–Crippen MR) is 142 cm³/mol. The second-order valence-electron chi connectivity index (χ2n) is 9.89. The van der Waals surface area contributed by atoms with Crippen LogP contribution in [0.4, 0.5) is 5.69 Å². The van der Waals surface area contributed by atoms with Gasteiger partial charge in [-0.15, -0.1) is 0 Å². The van der Waals surface area contributed by atoms with Crippen LogP contribution in [0.2, 0.25) is 0 Å². The molecular weight excluding hydrogens is 462 g/mol. The van der Waals surface area contributed by atoms with Gasteiger partial charge >= 0.3 is 0 Å². The first-order valence-electron chi connectivity index (χ1n) is 12.0. The zero-order valence-electron chi connectivity index (χ0n) is 21.7. The predicted octanol–water partition coefficient (Wildman–Crippen LogP) is 4.26. The molecule has 0 fully saturated rings. The van der Waals surface area contributed by atoms with Crippen molar-refractivity contribution in [2.75, 3.05) is 17.1 Å². The SMILES string of the molecule is CCC(C(=O)NC(C)(C)C)N(Cc1ccccc1C)C(=O)CCCN(c1ccccc1)S(C)(=O)=O. The molecule has 2 aromatic carbocycles. The van der Waals surface area contributed by atoms with Crippen LogP contribution in [0, 0.1) is 6.92 Å². The number of aryl methyl sites for hydroxylation is 1. The van der Waals surface area contributed by atoms with Crippen molar-refractivity contribution < 1.29 is 18.0 Å². The third-order valence-corrected chi connectivity index (χ3v) is 6.88. The van der Waals surface area contributed by atoms with Crippen LogP contribution >= 0.6 is 0 Å². The fourth-order valence-corrected chi connectivity index (χ4v) is 4.91. The summed E-state index contributed by atoms with van der Waals surface area (Å²) in [6, 6.07) is 16.0. The van der Waals surface area contributed by atoms with Gasteiger partial charge in [0.2, 0.25) is 21.8 Å². The van der Waals surface area contributed by atoms with Crippen molar-refractivity contribution in [1.82, 2.24) is 10.2 Å². The second kappa shape index (κ2) is 12.2. The molecule has 0 aliphatic carbocycles. The molecule has 2 amide bonds. The maximum absolute atomic E-state index is 13.5. The van der Waals surface area contributed by atoms with E-state index in [1.165, 1.54) is 4.31 Å². The Kier molecular flexibility index (Phi) is 9.89. The lowest BCUT2D eigenvalue weighted by Gasteiger charge is -2.33. The van der Waals surface area contributed by atoms with E-state index in [0.29, 0.717) is 25.1 Å². The molecule has 35 heavy (non-hydrogen) atoms. The molecule has 0 saturated carbocycles. The molecule has 8 heteroatoms. The summed E-state index contributed by atoms with van der Waals surface area (Å²) < 4.78 is 26.1. The lowest BCUT2D eigenvalue weighted by molar-refractivity contribution is -0.142. The lowest BCUT2D eigenvalue weighted by Crippen LogP contribution is -2.53. The maximum Gasteiger partial charge on any atom is 0.243 e. The van der Waals surface area contributed by atoms with Crippen LogP contribution in [0.1, 0.15) is 58.1 Å². The molecule has 0 bridgehead atoms. The van der Waals surface area contributed by atoms with Gasteiger partial charge in [0.05, 0.1) is 11.9 Å². The van der Waals surface area contributed by atoms with Crippen molar-refractivity contribution in [3.05, 3.63) is 65.7 Å². The van der Waals surface area contributed by atoms with E-state index in [0.717, 1.165) is 17.4 Å². The molecule has 0 saturated heterocycles. The van der Waals surface area contributed by atoms with Crippen LogP contribution in [0.3, 0.4) is 0 Å². The average molecular weight is 502 g/mol. The van der Waals surface area contributed by atoms with Crippen molar-refractivity contribution in [1.29, 1.82) is 0 Å². The largest absolute Gasteiger partial charge is 0.350 e. The van der Waals surface area contributed by atoms with E-state index < -0.39 is 21.6 Å². The van der Waals surface area contributed by atoms with E-state index >= 15 is 0 Å². The molecule has 192 valence electrons. The number of sulfonamides is 1. The van der Waals surface area contributed by atoms with Crippen LogP contribution < -0.4 is 9.62 Å². The summed E-state index contributed by atoms with van der Waals surface area (Å²) in [4.78, 5) is 28.2. The summed E-state index contributed by atoms with van der Waals surface area (Å²) in [6.07, 6.45) is 2.10. The highest BCUT2D eigenvalue weighted by Gasteiger charge is 2.31. The van der Waals surface area contributed by atoms with Gasteiger partial charge in [-0.25, -0.2) is 8.42 Å². The highest BCUT2D eigenvalue weighted by atomic mass is 32.2. The smallest absolute Gasteiger partial charge is 0.243 e. The van der Waals surface area contributed by atoms with Crippen LogP contribution in [0.5, 0.6) is 0 Å². The third kappa shape index (κ3) is 8.69. The molecule has 2 rings (SSSR count). The number of benzene rings is 2. The molecule has 0 aliphatic rings. The Morgan fingerprint density at radius 1 is 1.00 bits per heavy atom. The fourth-order valence-electron chi connectivity index (χ4n) is 3.94. The lowest BCUT2D eigenvalue weighted by atomic mass is 10.0. The van der Waals surface area contributed by atoms with Gasteiger partial charge < -0.3 is 10.2 Å². The Morgan fingerprint density at radius 3 is 2.14 bits per heavy atom. The van der Waals surface area contributed by atoms with Crippen LogP contribution in [-0.4, -0.2) is 49.5 Å². The number of anilines is 1. The first-order valence-corrected chi connectivity index (χ1v) is 13.9. The zero-order valence-corrected chi connectivity index (χ0v) is 22.6. The molecule has 0 spiro atoms. The highest BCUT2D eigenvalue weighted by Crippen LogP contribution is 2.20. The molecule has 0 heterocycles. The summed E-state index contributed by atoms with van der Waals surface area (Å²) >= 11 is 0. The molecule has 0 radical (unpaired) electrons. The highest BCUT2D eigenvalue weighted by molar-refractivity contribution is 7.92. The normalized spacial score (nSPS) is 12.6. The van der Waals surface area contributed by atoms with Crippen molar-refractivity contribution in [2.45, 2.75) is 72.0 Å². The van der Waals surface area contributed by atoms with Crippen molar-refractivity contribution >= 4 is 27.5 Å². The molecule has 0 aromatic heterocycles. The fraction of sp³-hybridized carbons (Fsp3) is 0.481. The van der Waals surface area contributed by atoms with Crippen LogP contribution in [-0.2, 0) is 26.2 Å². The molecule has 1 unspecified atom stereocenters. The Bertz CT molecular complexity index is 1090. The zero-order chi connectivity index (χ0) is 26.2. The van der Waals surface area contributed by atoms with Gasteiger partial charge in [-0.1, -0.05) is 49.4 Å². The monoisotopic (exact) mass is 501 g/mol. The van der Waals surface area contributed by atoms with Crippen LogP contribution in [0.25, 0.3) is 0 Å². The van der Waals surface area contributed by atoms with Gasteiger partial charge in [0.1, 0.15) is 6.04 Å². The van der Waals surface area contributed by atoms with E-state index in [1.54, 1.807) is 29.2 Å². The van der Waals surface area contributed by atoms with Crippen molar-refractivity contribution in [3.63, 3.8) is 0 Å². The Hall–Kier alpha value is -2.87. The molecule has 1 N–H and O–H groups in total. The molecule has 1 atom stereocenters. The van der Waals surface area contributed by atoms with E-state index in [9.17, 15) is 18.0 Å². The number of hydrogen-bond acceptors (Lipinski definition) is 4. The number of nitrogens with one attached hydrogen (secondary N) is 1. The summed E-state index contributed by atoms with van der Waals surface area (Å²) in [7, 11) is -3.50. The van der Waals surface area contributed by atoms with Gasteiger partial charge in [-0.05, 0) is 63.8 Å². The first kappa shape index (κ1) is 28.4. The summed E-state index contributed by atoms with van der Waals surface area (Å²) in [6.45, 7) is 10.1. The van der Waals surface area contributed by atoms with Crippen molar-refractivity contribution in [2.24, 2.45) is 0 Å². The van der Waals surface area contributed by atoms with E-state index in [4.69, 9.17) is 0 Å². The third-order valence-electron chi connectivity index (χ3n) is 5.68. The molecule has 2 aromatic rings. The molecule has 7 nitrogen and oxygen atoms in total. The van der Waals surface area contributed by atoms with Crippen LogP contribution in [0.15, 0.2) is 54.6 Å². The summed E-state index contributed by atoms with van der Waals surface area (Å²) in [5, 5.41) is 3.00. The van der Waals surface area contributed by atoms with E-state index in [-0.39, 0.29) is 24.8 Å². The standard InChI is InChI=1S/C27H39N3O4S/c1-7-24(26(32)28-27(3,4)5)29(20-22-15-12-11-14-21(22)2)25(31)18-13-19-30(35(6,33)34)23-16-9-8-10-17-23/h8-12,14-17,24H,7,13,18-20H2,1-6H3,(H,28,32). The minimum absolute atomic E-state index is 0.129. The number of amides is 2. The summed E-state index contributed by atoms with van der Waals surface area (Å²) in [5.41, 5.74) is 2.16. The number of nitrogens with zero attached hydrogens (tertiary/aromatic N) is 2. The van der Waals surface area contributed by atoms with Crippen molar-refractivity contribution in [3.8, 4) is 0 Å². The van der Waals surface area contributed by atoms with Gasteiger partial charge in [0.15, 0.2) is 0 Å². The minimum Gasteiger partial charge on any atom is -0.350 e. The Balaban J connectivity index is 2.24. The average Bonchev–Trinajstić information content (AvgIpc) is 2.76. The van der Waals surface area contributed by atoms with E-state index in [2.05, 4.69) is 5.32 Å². The second-order valence-corrected chi connectivity index (χ2v) is 11.8. The molecule has 0 aliphatic heterocycles. The maximum atomic E-state index is 13.5. The number of rotatable bonds is 11. The van der Waals surface area contributed by atoms with E-state index in [1.807, 2.05) is 65.0 Å². The Labute approximate surface area is 210 Å². The van der Waals surface area contributed by atoms with Gasteiger partial charge in [0, 0.05) is 25.0 Å². The molecular formula is C27H39N3O4S. The topological polar surface area (TPSA) is 86.8 Å². The van der Waals surface area contributed by atoms with Gasteiger partial charge in [-0.3, -0.25) is 13.9 Å². The minimum atomic E-state index is -3.50. The number of carbonyl (C=O) groups excluding carboxylic acids is 2. The first-order chi connectivity index (χ1) is 16.3. The quantitative estimate of drug-likeness (QED) is 0.498. The Morgan fingerprint density at radius 2 is 1.60 bits per heavy atom. The van der Waals surface area contributed by atoms with Gasteiger partial charge in [-0.2, -0.15) is 0 Å².